The average Bonchev–Trinajstić information content (AvgIpc) is 2.76. The summed E-state index contributed by atoms with van der Waals surface area (Å²) in [5, 5.41) is 5.14. The maximum atomic E-state index is 13.0. The summed E-state index contributed by atoms with van der Waals surface area (Å²) in [6.07, 6.45) is -0.718. The zero-order valence-electron chi connectivity index (χ0n) is 11.9. The molecule has 2 atom stereocenters. The Hall–Kier alpha value is -0.920. The molecule has 2 rings (SSSR count). The van der Waals surface area contributed by atoms with E-state index in [-0.39, 0.29) is 25.1 Å². The monoisotopic (exact) mass is 398 g/mol. The standard InChI is InChI=1S/C14H17BrF2N2O2.ClH/c1-9(21-11-4-2-3-10(15)5-11)7-18-13(20)12-6-14(16,17)8-19-12;/h2-5,9,12,19H,6-8H2,1H3,(H,18,20);1H. The zero-order valence-corrected chi connectivity index (χ0v) is 14.3. The molecule has 124 valence electrons. The smallest absolute Gasteiger partial charge is 0.262 e. The van der Waals surface area contributed by atoms with Crippen molar-refractivity contribution in [1.29, 1.82) is 0 Å². The Kier molecular flexibility index (Phi) is 7.02. The average molecular weight is 400 g/mol. The normalized spacial score (nSPS) is 20.8. The van der Waals surface area contributed by atoms with Crippen molar-refractivity contribution in [3.05, 3.63) is 28.7 Å². The number of amides is 1. The minimum Gasteiger partial charge on any atom is -0.489 e. The van der Waals surface area contributed by atoms with Crippen molar-refractivity contribution >= 4 is 34.2 Å². The molecule has 1 saturated heterocycles. The summed E-state index contributed by atoms with van der Waals surface area (Å²) in [4.78, 5) is 11.8. The Morgan fingerprint density at radius 3 is 2.91 bits per heavy atom. The van der Waals surface area contributed by atoms with Crippen molar-refractivity contribution < 1.29 is 18.3 Å². The van der Waals surface area contributed by atoms with Crippen molar-refractivity contribution in [3.63, 3.8) is 0 Å². The van der Waals surface area contributed by atoms with Crippen LogP contribution >= 0.6 is 28.3 Å². The first-order valence-corrected chi connectivity index (χ1v) is 7.46. The lowest BCUT2D eigenvalue weighted by molar-refractivity contribution is -0.123. The van der Waals surface area contributed by atoms with E-state index in [1.54, 1.807) is 6.92 Å². The van der Waals surface area contributed by atoms with E-state index in [0.717, 1.165) is 4.47 Å². The van der Waals surface area contributed by atoms with Gasteiger partial charge in [-0.2, -0.15) is 0 Å². The molecule has 2 N–H and O–H groups in total. The largest absolute Gasteiger partial charge is 0.489 e. The van der Waals surface area contributed by atoms with Gasteiger partial charge in [-0.15, -0.1) is 12.4 Å². The van der Waals surface area contributed by atoms with Crippen LogP contribution in [0.5, 0.6) is 5.75 Å². The van der Waals surface area contributed by atoms with Gasteiger partial charge in [0.1, 0.15) is 11.9 Å². The maximum absolute atomic E-state index is 13.0. The van der Waals surface area contributed by atoms with Crippen LogP contribution in [0.1, 0.15) is 13.3 Å². The van der Waals surface area contributed by atoms with Crippen LogP contribution in [0.2, 0.25) is 0 Å². The van der Waals surface area contributed by atoms with Crippen LogP contribution in [-0.4, -0.2) is 37.1 Å². The van der Waals surface area contributed by atoms with Crippen LogP contribution in [0, 0.1) is 0 Å². The number of carbonyl (C=O) groups excluding carboxylic acids is 1. The molecule has 4 nitrogen and oxygen atoms in total. The minimum absolute atomic E-state index is 0. The van der Waals surface area contributed by atoms with E-state index in [2.05, 4.69) is 26.6 Å². The molecule has 0 spiro atoms. The number of hydrogen-bond donors (Lipinski definition) is 2. The second-order valence-corrected chi connectivity index (χ2v) is 6.04. The fourth-order valence-corrected chi connectivity index (χ4v) is 2.46. The Balaban J connectivity index is 0.00000242. The molecule has 1 aliphatic rings. The quantitative estimate of drug-likeness (QED) is 0.800. The summed E-state index contributed by atoms with van der Waals surface area (Å²) in [6.45, 7) is 1.61. The van der Waals surface area contributed by atoms with E-state index >= 15 is 0 Å². The van der Waals surface area contributed by atoms with Crippen LogP contribution in [-0.2, 0) is 4.79 Å². The highest BCUT2D eigenvalue weighted by atomic mass is 79.9. The molecule has 0 saturated carbocycles. The first-order chi connectivity index (χ1) is 9.85. The van der Waals surface area contributed by atoms with Crippen molar-refractivity contribution in [2.45, 2.75) is 31.4 Å². The summed E-state index contributed by atoms with van der Waals surface area (Å²) in [6, 6.07) is 6.51. The number of halogens is 4. The number of nitrogens with one attached hydrogen (secondary N) is 2. The van der Waals surface area contributed by atoms with E-state index in [4.69, 9.17) is 4.74 Å². The number of ether oxygens (including phenoxy) is 1. The maximum Gasteiger partial charge on any atom is 0.262 e. The molecule has 0 aliphatic carbocycles. The number of rotatable bonds is 5. The molecule has 1 aromatic carbocycles. The van der Waals surface area contributed by atoms with E-state index in [1.807, 2.05) is 24.3 Å². The molecular formula is C14H18BrClF2N2O2. The molecule has 0 radical (unpaired) electrons. The molecule has 1 heterocycles. The van der Waals surface area contributed by atoms with Crippen molar-refractivity contribution in [2.24, 2.45) is 0 Å². The van der Waals surface area contributed by atoms with Crippen molar-refractivity contribution in [1.82, 2.24) is 10.6 Å². The Labute approximate surface area is 142 Å². The van der Waals surface area contributed by atoms with Gasteiger partial charge in [0.25, 0.3) is 5.92 Å². The lowest BCUT2D eigenvalue weighted by Crippen LogP contribution is -2.43. The van der Waals surface area contributed by atoms with Crippen LogP contribution in [0.15, 0.2) is 28.7 Å². The van der Waals surface area contributed by atoms with Gasteiger partial charge in [-0.3, -0.25) is 10.1 Å². The fraction of sp³-hybridized carbons (Fsp3) is 0.500. The third kappa shape index (κ3) is 5.70. The van der Waals surface area contributed by atoms with E-state index in [9.17, 15) is 13.6 Å². The number of benzene rings is 1. The van der Waals surface area contributed by atoms with Crippen LogP contribution in [0.3, 0.4) is 0 Å². The van der Waals surface area contributed by atoms with Gasteiger partial charge in [-0.1, -0.05) is 22.0 Å². The summed E-state index contributed by atoms with van der Waals surface area (Å²) in [5.74, 6) is -2.55. The number of hydrogen-bond acceptors (Lipinski definition) is 3. The Morgan fingerprint density at radius 2 is 2.32 bits per heavy atom. The van der Waals surface area contributed by atoms with Gasteiger partial charge < -0.3 is 10.1 Å². The second-order valence-electron chi connectivity index (χ2n) is 5.12. The zero-order chi connectivity index (χ0) is 15.5. The van der Waals surface area contributed by atoms with Gasteiger partial charge in [0, 0.05) is 10.9 Å². The topological polar surface area (TPSA) is 50.4 Å². The highest BCUT2D eigenvalue weighted by molar-refractivity contribution is 9.10. The van der Waals surface area contributed by atoms with Gasteiger partial charge in [0.15, 0.2) is 0 Å². The van der Waals surface area contributed by atoms with Gasteiger partial charge >= 0.3 is 0 Å². The Bertz CT molecular complexity index is 519. The summed E-state index contributed by atoms with van der Waals surface area (Å²) in [7, 11) is 0. The molecule has 8 heteroatoms. The lowest BCUT2D eigenvalue weighted by Gasteiger charge is -2.17. The Morgan fingerprint density at radius 1 is 1.59 bits per heavy atom. The molecule has 0 aromatic heterocycles. The minimum atomic E-state index is -2.81. The predicted molar refractivity (Wildman–Crippen MR) is 85.8 cm³/mol. The molecule has 2 unspecified atom stereocenters. The molecule has 1 amide bonds. The van der Waals surface area contributed by atoms with Crippen LogP contribution in [0.4, 0.5) is 8.78 Å². The van der Waals surface area contributed by atoms with Gasteiger partial charge in [-0.05, 0) is 25.1 Å². The summed E-state index contributed by atoms with van der Waals surface area (Å²) >= 11 is 3.34. The second kappa shape index (κ2) is 8.08. The molecule has 0 bridgehead atoms. The van der Waals surface area contributed by atoms with Crippen LogP contribution in [0.25, 0.3) is 0 Å². The fourth-order valence-electron chi connectivity index (χ4n) is 2.08. The van der Waals surface area contributed by atoms with Gasteiger partial charge in [-0.25, -0.2) is 8.78 Å². The predicted octanol–water partition coefficient (Wildman–Crippen LogP) is 2.75. The van der Waals surface area contributed by atoms with E-state index in [1.165, 1.54) is 0 Å². The summed E-state index contributed by atoms with van der Waals surface area (Å²) < 4.78 is 32.5. The van der Waals surface area contributed by atoms with Crippen LogP contribution < -0.4 is 15.4 Å². The number of alkyl halides is 2. The van der Waals surface area contributed by atoms with Crippen molar-refractivity contribution in [3.8, 4) is 5.75 Å². The van der Waals surface area contributed by atoms with Gasteiger partial charge in [0.2, 0.25) is 5.91 Å². The van der Waals surface area contributed by atoms with Crippen molar-refractivity contribution in [2.75, 3.05) is 13.1 Å². The SMILES string of the molecule is CC(CNC(=O)C1CC(F)(F)CN1)Oc1cccc(Br)c1.Cl. The lowest BCUT2D eigenvalue weighted by atomic mass is 10.2. The molecule has 1 aromatic rings. The number of carbonyl (C=O) groups is 1. The molecule has 22 heavy (non-hydrogen) atoms. The first-order valence-electron chi connectivity index (χ1n) is 6.67. The first kappa shape index (κ1) is 19.1. The summed E-state index contributed by atoms with van der Waals surface area (Å²) in [5.41, 5.74) is 0. The third-order valence-electron chi connectivity index (χ3n) is 3.12. The van der Waals surface area contributed by atoms with Gasteiger partial charge in [0.05, 0.1) is 19.1 Å². The van der Waals surface area contributed by atoms with E-state index in [0.29, 0.717) is 5.75 Å². The highest BCUT2D eigenvalue weighted by Gasteiger charge is 2.42. The highest BCUT2D eigenvalue weighted by Crippen LogP contribution is 2.25. The molecule has 1 fully saturated rings. The van der Waals surface area contributed by atoms with E-state index < -0.39 is 30.8 Å². The molecular weight excluding hydrogens is 382 g/mol. The third-order valence-corrected chi connectivity index (χ3v) is 3.62. The molecule has 1 aliphatic heterocycles.